The Hall–Kier alpha value is -5.38. The lowest BCUT2D eigenvalue weighted by molar-refractivity contribution is -0.144. The van der Waals surface area contributed by atoms with Gasteiger partial charge < -0.3 is 9.47 Å². The van der Waals surface area contributed by atoms with Crippen LogP contribution >= 0.6 is 0 Å². The first-order valence-electron chi connectivity index (χ1n) is 13.3. The zero-order valence-electron chi connectivity index (χ0n) is 24.3. The van der Waals surface area contributed by atoms with Gasteiger partial charge in [-0.25, -0.2) is 8.78 Å². The van der Waals surface area contributed by atoms with Crippen molar-refractivity contribution in [3.8, 4) is 0 Å². The molecule has 0 aliphatic heterocycles. The molecule has 228 valence electrons. The molecule has 2 aromatic carbocycles. The Kier molecular flexibility index (Phi) is 15.0. The molecule has 8 nitrogen and oxygen atoms in total. The molecule has 10 heteroatoms. The maximum atomic E-state index is 12.9. The van der Waals surface area contributed by atoms with Gasteiger partial charge in [-0.1, -0.05) is 12.7 Å². The second-order valence-electron chi connectivity index (χ2n) is 9.01. The predicted molar refractivity (Wildman–Crippen MR) is 160 cm³/mol. The molecule has 0 amide bonds. The minimum Gasteiger partial charge on any atom is -0.469 e. The zero-order valence-corrected chi connectivity index (χ0v) is 24.3. The van der Waals surface area contributed by atoms with Crippen molar-refractivity contribution in [2.75, 3.05) is 14.2 Å². The van der Waals surface area contributed by atoms with Crippen LogP contribution in [-0.2, 0) is 25.5 Å². The maximum Gasteiger partial charge on any atom is 0.316 e. The topological polar surface area (TPSA) is 113 Å². The summed E-state index contributed by atoms with van der Waals surface area (Å²) in [5, 5.41) is 0. The molecular weight excluding hydrogens is 570 g/mol. The number of ether oxygens (including phenoxy) is 2. The fraction of sp³-hybridized carbons (Fsp3) is 0.176. The van der Waals surface area contributed by atoms with E-state index in [4.69, 9.17) is 4.74 Å². The number of Topliss-reactive ketones (excluding diaryl/α,β-unsaturated/α-hetero) is 2. The second-order valence-corrected chi connectivity index (χ2v) is 9.01. The van der Waals surface area contributed by atoms with Crippen molar-refractivity contribution in [3.05, 3.63) is 138 Å². The standard InChI is InChI=1S/C17H16FNO3.C10H9FO3.C7H7N/c1-22-17(21)15(7-2-12-8-10-19-11-9-12)16(20)13-3-5-14(18)6-4-13;1-14-10(13)6-9(12)7-2-4-8(11)5-3-7;1-2-7-3-5-8-6-4-7/h3-6,8-11,15H,2,7H2,1H3;2-5H,6H2,1H3;2-6H,1H2. The number of halogens is 2. The highest BCUT2D eigenvalue weighted by atomic mass is 19.1. The number of benzene rings is 2. The summed E-state index contributed by atoms with van der Waals surface area (Å²) in [6.07, 6.45) is 9.16. The van der Waals surface area contributed by atoms with E-state index in [0.29, 0.717) is 24.0 Å². The van der Waals surface area contributed by atoms with Crippen LogP contribution in [0.25, 0.3) is 6.08 Å². The first kappa shape index (κ1) is 34.8. The molecule has 0 spiro atoms. The number of hydrogen-bond donors (Lipinski definition) is 0. The SMILES string of the molecule is C=Cc1ccncc1.COC(=O)C(CCc1ccncc1)C(=O)c1ccc(F)cc1.COC(=O)CC(=O)c1ccc(F)cc1. The molecule has 2 aromatic heterocycles. The van der Waals surface area contributed by atoms with Crippen molar-refractivity contribution >= 4 is 29.6 Å². The molecule has 1 unspecified atom stereocenters. The third-order valence-electron chi connectivity index (χ3n) is 6.04. The summed E-state index contributed by atoms with van der Waals surface area (Å²) < 4.78 is 34.5. The van der Waals surface area contributed by atoms with E-state index in [1.54, 1.807) is 30.9 Å². The van der Waals surface area contributed by atoms with E-state index in [9.17, 15) is 28.0 Å². The van der Waals surface area contributed by atoms with Gasteiger partial charge in [0.25, 0.3) is 0 Å². The van der Waals surface area contributed by atoms with Gasteiger partial charge in [-0.2, -0.15) is 0 Å². The van der Waals surface area contributed by atoms with Crippen molar-refractivity contribution in [1.29, 1.82) is 0 Å². The Morgan fingerprint density at radius 3 is 1.70 bits per heavy atom. The highest BCUT2D eigenvalue weighted by Crippen LogP contribution is 2.18. The average Bonchev–Trinajstić information content (AvgIpc) is 3.06. The Bertz CT molecular complexity index is 1500. The molecule has 2 heterocycles. The Balaban J connectivity index is 0.000000260. The Morgan fingerprint density at radius 1 is 0.750 bits per heavy atom. The van der Waals surface area contributed by atoms with Gasteiger partial charge in [-0.05, 0) is 96.8 Å². The van der Waals surface area contributed by atoms with E-state index in [-0.39, 0.29) is 18.0 Å². The molecule has 0 bridgehead atoms. The van der Waals surface area contributed by atoms with E-state index >= 15 is 0 Å². The van der Waals surface area contributed by atoms with E-state index in [1.807, 2.05) is 24.3 Å². The monoisotopic (exact) mass is 602 g/mol. The largest absolute Gasteiger partial charge is 0.469 e. The van der Waals surface area contributed by atoms with Crippen molar-refractivity contribution in [2.24, 2.45) is 5.92 Å². The molecular formula is C34H32F2N2O6. The van der Waals surface area contributed by atoms with E-state index in [0.717, 1.165) is 11.1 Å². The van der Waals surface area contributed by atoms with Crippen LogP contribution in [0.1, 0.15) is 44.7 Å². The zero-order chi connectivity index (χ0) is 32.3. The predicted octanol–water partition coefficient (Wildman–Crippen LogP) is 6.12. The average molecular weight is 603 g/mol. The fourth-order valence-electron chi connectivity index (χ4n) is 3.61. The van der Waals surface area contributed by atoms with Gasteiger partial charge in [0.1, 0.15) is 24.0 Å². The number of pyridine rings is 2. The molecule has 0 N–H and O–H groups in total. The molecule has 0 aliphatic carbocycles. The number of carbonyl (C=O) groups is 4. The van der Waals surface area contributed by atoms with Gasteiger partial charge in [-0.15, -0.1) is 0 Å². The van der Waals surface area contributed by atoms with Crippen molar-refractivity contribution < 1.29 is 37.4 Å². The van der Waals surface area contributed by atoms with Gasteiger partial charge in [0.2, 0.25) is 0 Å². The first-order chi connectivity index (χ1) is 21.2. The highest BCUT2D eigenvalue weighted by Gasteiger charge is 2.28. The highest BCUT2D eigenvalue weighted by molar-refractivity contribution is 6.08. The molecule has 1 atom stereocenters. The molecule has 4 aromatic rings. The van der Waals surface area contributed by atoms with Crippen LogP contribution in [0.4, 0.5) is 8.78 Å². The van der Waals surface area contributed by atoms with Gasteiger partial charge in [0, 0.05) is 35.9 Å². The summed E-state index contributed by atoms with van der Waals surface area (Å²) in [4.78, 5) is 54.1. The van der Waals surface area contributed by atoms with Crippen molar-refractivity contribution in [3.63, 3.8) is 0 Å². The Morgan fingerprint density at radius 2 is 1.25 bits per heavy atom. The summed E-state index contributed by atoms with van der Waals surface area (Å²) in [5.74, 6) is -3.66. The number of carbonyl (C=O) groups excluding carboxylic acids is 4. The van der Waals surface area contributed by atoms with E-state index in [2.05, 4.69) is 21.3 Å². The number of aryl methyl sites for hydroxylation is 1. The number of esters is 2. The number of methoxy groups -OCH3 is 2. The minimum atomic E-state index is -0.899. The Labute approximate surface area is 254 Å². The van der Waals surface area contributed by atoms with Crippen LogP contribution in [0.3, 0.4) is 0 Å². The van der Waals surface area contributed by atoms with E-state index < -0.39 is 29.5 Å². The maximum absolute atomic E-state index is 12.9. The van der Waals surface area contributed by atoms with Crippen LogP contribution in [0.5, 0.6) is 0 Å². The van der Waals surface area contributed by atoms with Gasteiger partial charge >= 0.3 is 11.9 Å². The molecule has 4 rings (SSSR count). The molecule has 0 saturated heterocycles. The lowest BCUT2D eigenvalue weighted by Gasteiger charge is -2.13. The molecule has 0 aliphatic rings. The van der Waals surface area contributed by atoms with Gasteiger partial charge in [0.15, 0.2) is 11.6 Å². The summed E-state index contributed by atoms with van der Waals surface area (Å²) in [5.41, 5.74) is 2.69. The van der Waals surface area contributed by atoms with Gasteiger partial charge in [0.05, 0.1) is 14.2 Å². The van der Waals surface area contributed by atoms with Crippen molar-refractivity contribution in [1.82, 2.24) is 9.97 Å². The van der Waals surface area contributed by atoms with Crippen LogP contribution < -0.4 is 0 Å². The fourth-order valence-corrected chi connectivity index (χ4v) is 3.61. The smallest absolute Gasteiger partial charge is 0.316 e. The summed E-state index contributed by atoms with van der Waals surface area (Å²) in [6, 6.07) is 17.6. The number of nitrogens with zero attached hydrogens (tertiary/aromatic N) is 2. The summed E-state index contributed by atoms with van der Waals surface area (Å²) in [6.45, 7) is 3.60. The van der Waals surface area contributed by atoms with Crippen LogP contribution in [-0.4, -0.2) is 47.7 Å². The lowest BCUT2D eigenvalue weighted by atomic mass is 9.92. The van der Waals surface area contributed by atoms with Crippen LogP contribution in [0.15, 0.2) is 104 Å². The molecule has 0 radical (unpaired) electrons. The summed E-state index contributed by atoms with van der Waals surface area (Å²) >= 11 is 0. The quantitative estimate of drug-likeness (QED) is 0.121. The van der Waals surface area contributed by atoms with Gasteiger partial charge in [-0.3, -0.25) is 29.1 Å². The minimum absolute atomic E-state index is 0.298. The van der Waals surface area contributed by atoms with E-state index in [1.165, 1.54) is 62.8 Å². The van der Waals surface area contributed by atoms with Crippen molar-refractivity contribution in [2.45, 2.75) is 19.3 Å². The molecule has 0 saturated carbocycles. The number of rotatable bonds is 10. The first-order valence-corrected chi connectivity index (χ1v) is 13.3. The number of aromatic nitrogens is 2. The molecule has 0 fully saturated rings. The third kappa shape index (κ3) is 12.2. The normalized spacial score (nSPS) is 10.5. The number of hydrogen-bond acceptors (Lipinski definition) is 8. The third-order valence-corrected chi connectivity index (χ3v) is 6.04. The molecule has 44 heavy (non-hydrogen) atoms. The van der Waals surface area contributed by atoms with Crippen LogP contribution in [0.2, 0.25) is 0 Å². The summed E-state index contributed by atoms with van der Waals surface area (Å²) in [7, 11) is 2.46. The second kappa shape index (κ2) is 18.9. The van der Waals surface area contributed by atoms with Crippen LogP contribution in [0, 0.1) is 17.6 Å². The lowest BCUT2D eigenvalue weighted by Crippen LogP contribution is -2.26. The number of ketones is 2.